The molecule has 3 rings (SSSR count). The Bertz CT molecular complexity index is 873. The Morgan fingerprint density at radius 1 is 0.963 bits per heavy atom. The van der Waals surface area contributed by atoms with Gasteiger partial charge in [-0.1, -0.05) is 48.5 Å². The van der Waals surface area contributed by atoms with Crippen LogP contribution in [0.5, 0.6) is 0 Å². The number of hydrogen-bond donors (Lipinski definition) is 1. The summed E-state index contributed by atoms with van der Waals surface area (Å²) in [6.07, 6.45) is 0.281. The fourth-order valence-electron chi connectivity index (χ4n) is 2.97. The van der Waals surface area contributed by atoms with Crippen molar-refractivity contribution in [3.05, 3.63) is 66.2 Å². The number of H-pyrrole nitrogens is 1. The molecule has 1 atom stereocenters. The lowest BCUT2D eigenvalue weighted by atomic mass is 9.99. The van der Waals surface area contributed by atoms with Crippen molar-refractivity contribution < 1.29 is 19.1 Å². The first kappa shape index (κ1) is 19.0. The summed E-state index contributed by atoms with van der Waals surface area (Å²) >= 11 is 1.58. The van der Waals surface area contributed by atoms with Gasteiger partial charge in [-0.25, -0.2) is 0 Å². The molecular formula is C21H21NO4S. The van der Waals surface area contributed by atoms with Crippen LogP contribution in [0.2, 0.25) is 0 Å². The molecule has 0 amide bonds. The van der Waals surface area contributed by atoms with Gasteiger partial charge in [0.15, 0.2) is 5.92 Å². The number of carbonyl (C=O) groups is 2. The van der Waals surface area contributed by atoms with Crippen LogP contribution in [-0.4, -0.2) is 31.1 Å². The van der Waals surface area contributed by atoms with Crippen molar-refractivity contribution in [3.63, 3.8) is 0 Å². The summed E-state index contributed by atoms with van der Waals surface area (Å²) in [6.45, 7) is 0. The number of benzene rings is 2. The van der Waals surface area contributed by atoms with Gasteiger partial charge in [0.05, 0.1) is 19.2 Å². The Labute approximate surface area is 162 Å². The maximum atomic E-state index is 12.1. The average molecular weight is 383 g/mol. The van der Waals surface area contributed by atoms with Gasteiger partial charge in [-0.15, -0.1) is 11.8 Å². The number of aromatic amines is 1. The summed E-state index contributed by atoms with van der Waals surface area (Å²) in [6, 6.07) is 19.9. The first-order valence-electron chi connectivity index (χ1n) is 8.57. The zero-order chi connectivity index (χ0) is 19.2. The third kappa shape index (κ3) is 4.52. The van der Waals surface area contributed by atoms with Gasteiger partial charge in [0.1, 0.15) is 0 Å². The van der Waals surface area contributed by atoms with Gasteiger partial charge in [-0.3, -0.25) is 9.59 Å². The van der Waals surface area contributed by atoms with E-state index < -0.39 is 17.9 Å². The predicted molar refractivity (Wildman–Crippen MR) is 105 cm³/mol. The molecule has 0 bridgehead atoms. The number of esters is 2. The van der Waals surface area contributed by atoms with E-state index in [-0.39, 0.29) is 11.7 Å². The molecule has 5 nitrogen and oxygen atoms in total. The molecule has 1 unspecified atom stereocenters. The zero-order valence-corrected chi connectivity index (χ0v) is 16.0. The van der Waals surface area contributed by atoms with Gasteiger partial charge in [0.2, 0.25) is 0 Å². The van der Waals surface area contributed by atoms with Gasteiger partial charge in [0, 0.05) is 16.2 Å². The first-order valence-corrected chi connectivity index (χ1v) is 9.45. The van der Waals surface area contributed by atoms with Crippen molar-refractivity contribution in [3.8, 4) is 0 Å². The minimum atomic E-state index is -0.970. The van der Waals surface area contributed by atoms with Crippen LogP contribution >= 0.6 is 11.8 Å². The van der Waals surface area contributed by atoms with E-state index in [0.29, 0.717) is 0 Å². The van der Waals surface area contributed by atoms with Crippen LogP contribution in [0, 0.1) is 5.92 Å². The zero-order valence-electron chi connectivity index (χ0n) is 15.2. The third-order valence-electron chi connectivity index (χ3n) is 4.37. The van der Waals surface area contributed by atoms with Crippen LogP contribution in [0.3, 0.4) is 0 Å². The predicted octanol–water partition coefficient (Wildman–Crippen LogP) is 4.35. The molecule has 0 saturated heterocycles. The van der Waals surface area contributed by atoms with Crippen LogP contribution in [0.25, 0.3) is 10.9 Å². The van der Waals surface area contributed by atoms with Crippen molar-refractivity contribution >= 4 is 34.6 Å². The summed E-state index contributed by atoms with van der Waals surface area (Å²) in [5, 5.41) is 1.96. The Morgan fingerprint density at radius 2 is 1.59 bits per heavy atom. The highest BCUT2D eigenvalue weighted by molar-refractivity contribution is 7.99. The molecule has 0 spiro atoms. The van der Waals surface area contributed by atoms with E-state index in [1.807, 2.05) is 54.6 Å². The summed E-state index contributed by atoms with van der Waals surface area (Å²) in [7, 11) is 2.56. The number of ether oxygens (including phenoxy) is 2. The Balaban J connectivity index is 1.90. The number of methoxy groups -OCH3 is 2. The molecule has 2 aromatic carbocycles. The second-order valence-corrected chi connectivity index (χ2v) is 7.32. The Kier molecular flexibility index (Phi) is 6.19. The van der Waals surface area contributed by atoms with E-state index in [9.17, 15) is 9.59 Å². The quantitative estimate of drug-likeness (QED) is 0.373. The molecule has 6 heteroatoms. The van der Waals surface area contributed by atoms with Crippen LogP contribution in [0.4, 0.5) is 0 Å². The number of carbonyl (C=O) groups excluding carboxylic acids is 2. The van der Waals surface area contributed by atoms with Crippen molar-refractivity contribution in [2.45, 2.75) is 16.7 Å². The van der Waals surface area contributed by atoms with Crippen molar-refractivity contribution in [1.82, 2.24) is 4.98 Å². The smallest absolute Gasteiger partial charge is 0.320 e. The van der Waals surface area contributed by atoms with Crippen LogP contribution in [-0.2, 0) is 19.1 Å². The lowest BCUT2D eigenvalue weighted by Gasteiger charge is -2.20. The van der Waals surface area contributed by atoms with Gasteiger partial charge in [-0.05, 0) is 24.1 Å². The molecule has 0 fully saturated rings. The van der Waals surface area contributed by atoms with Crippen molar-refractivity contribution in [2.75, 3.05) is 14.2 Å². The highest BCUT2D eigenvalue weighted by Gasteiger charge is 2.32. The van der Waals surface area contributed by atoms with Crippen LogP contribution in [0.15, 0.2) is 65.7 Å². The van der Waals surface area contributed by atoms with Gasteiger partial charge < -0.3 is 14.5 Å². The molecule has 27 heavy (non-hydrogen) atoms. The van der Waals surface area contributed by atoms with Gasteiger partial charge in [-0.2, -0.15) is 0 Å². The minimum absolute atomic E-state index is 0.123. The summed E-state index contributed by atoms with van der Waals surface area (Å²) in [5.74, 6) is -2.14. The minimum Gasteiger partial charge on any atom is -0.468 e. The normalized spacial score (nSPS) is 12.1. The van der Waals surface area contributed by atoms with Crippen molar-refractivity contribution in [1.29, 1.82) is 0 Å². The maximum absolute atomic E-state index is 12.1. The molecule has 1 heterocycles. The highest BCUT2D eigenvalue weighted by atomic mass is 32.2. The lowest BCUT2D eigenvalue weighted by Crippen LogP contribution is -2.27. The number of hydrogen-bond acceptors (Lipinski definition) is 5. The SMILES string of the molecule is COC(=O)C(CC(Sc1cc2ccccc2[nH]1)c1ccccc1)C(=O)OC. The fraction of sp³-hybridized carbons (Fsp3) is 0.238. The molecule has 0 aliphatic heterocycles. The number of fused-ring (bicyclic) bond motifs is 1. The third-order valence-corrected chi connectivity index (χ3v) is 5.59. The van der Waals surface area contributed by atoms with E-state index in [2.05, 4.69) is 11.1 Å². The summed E-state index contributed by atoms with van der Waals surface area (Å²) in [4.78, 5) is 27.7. The maximum Gasteiger partial charge on any atom is 0.320 e. The fourth-order valence-corrected chi connectivity index (χ4v) is 4.22. The second-order valence-electron chi connectivity index (χ2n) is 6.07. The Hall–Kier alpha value is -2.73. The van der Waals surface area contributed by atoms with E-state index in [4.69, 9.17) is 9.47 Å². The van der Waals surface area contributed by atoms with E-state index in [1.54, 1.807) is 11.8 Å². The first-order chi connectivity index (χ1) is 13.1. The average Bonchev–Trinajstić information content (AvgIpc) is 3.13. The molecule has 0 aliphatic rings. The molecule has 140 valence electrons. The van der Waals surface area contributed by atoms with Crippen molar-refractivity contribution in [2.24, 2.45) is 5.92 Å². The van der Waals surface area contributed by atoms with E-state index in [1.165, 1.54) is 14.2 Å². The van der Waals surface area contributed by atoms with E-state index in [0.717, 1.165) is 21.5 Å². The Morgan fingerprint density at radius 3 is 2.22 bits per heavy atom. The molecule has 0 saturated carbocycles. The van der Waals surface area contributed by atoms with Gasteiger partial charge >= 0.3 is 11.9 Å². The molecule has 0 aliphatic carbocycles. The number of thioether (sulfide) groups is 1. The molecule has 0 radical (unpaired) electrons. The molecule has 1 aromatic heterocycles. The van der Waals surface area contributed by atoms with E-state index >= 15 is 0 Å². The molecule has 3 aromatic rings. The molecular weight excluding hydrogens is 362 g/mol. The number of para-hydroxylation sites is 1. The number of nitrogens with one attached hydrogen (secondary N) is 1. The topological polar surface area (TPSA) is 68.4 Å². The standard InChI is InChI=1S/C21H21NO4S/c1-25-20(23)16(21(24)26-2)13-18(14-8-4-3-5-9-14)27-19-12-15-10-6-7-11-17(15)22-19/h3-12,16,18,22H,13H2,1-2H3. The number of rotatable bonds is 7. The monoisotopic (exact) mass is 383 g/mol. The second kappa shape index (κ2) is 8.77. The lowest BCUT2D eigenvalue weighted by molar-refractivity contribution is -0.159. The summed E-state index contributed by atoms with van der Waals surface area (Å²) in [5.41, 5.74) is 2.07. The molecule has 1 N–H and O–H groups in total. The van der Waals surface area contributed by atoms with Crippen LogP contribution in [0.1, 0.15) is 17.2 Å². The summed E-state index contributed by atoms with van der Waals surface area (Å²) < 4.78 is 9.63. The van der Waals surface area contributed by atoms with Crippen LogP contribution < -0.4 is 0 Å². The largest absolute Gasteiger partial charge is 0.468 e. The number of aromatic nitrogens is 1. The van der Waals surface area contributed by atoms with Gasteiger partial charge in [0.25, 0.3) is 0 Å². The highest BCUT2D eigenvalue weighted by Crippen LogP contribution is 2.40.